The summed E-state index contributed by atoms with van der Waals surface area (Å²) in [6.07, 6.45) is -1.80. The molecule has 10 nitrogen and oxygen atoms in total. The molecule has 0 spiro atoms. The van der Waals surface area contributed by atoms with Gasteiger partial charge < -0.3 is 26.4 Å². The van der Waals surface area contributed by atoms with Crippen LogP contribution in [-0.2, 0) is 4.74 Å². The van der Waals surface area contributed by atoms with Gasteiger partial charge in [-0.15, -0.1) is 0 Å². The first kappa shape index (κ1) is 19.3. The van der Waals surface area contributed by atoms with Crippen molar-refractivity contribution in [3.63, 3.8) is 0 Å². The third-order valence-corrected chi connectivity index (χ3v) is 4.65. The first-order valence-electron chi connectivity index (χ1n) is 8.94. The Morgan fingerprint density at radius 3 is 2.63 bits per heavy atom. The summed E-state index contributed by atoms with van der Waals surface area (Å²) in [6, 6.07) is 0. The molecule has 10 heteroatoms. The molecule has 1 aliphatic heterocycles. The van der Waals surface area contributed by atoms with Gasteiger partial charge in [-0.1, -0.05) is 19.8 Å². The van der Waals surface area contributed by atoms with Crippen molar-refractivity contribution < 1.29 is 14.9 Å². The summed E-state index contributed by atoms with van der Waals surface area (Å²) in [6.45, 7) is 6.24. The molecule has 27 heavy (non-hydrogen) atoms. The third kappa shape index (κ3) is 3.81. The molecule has 0 aliphatic carbocycles. The zero-order valence-corrected chi connectivity index (χ0v) is 15.5. The molecule has 1 fully saturated rings. The minimum atomic E-state index is -0.800. The van der Waals surface area contributed by atoms with E-state index < -0.39 is 18.4 Å². The van der Waals surface area contributed by atoms with Crippen LogP contribution in [0.5, 0.6) is 0 Å². The average molecular weight is 375 g/mol. The number of rotatable bonds is 5. The van der Waals surface area contributed by atoms with Crippen LogP contribution in [0.1, 0.15) is 32.3 Å². The van der Waals surface area contributed by atoms with E-state index in [1.807, 2.05) is 0 Å². The van der Waals surface area contributed by atoms with Gasteiger partial charge in [0.25, 0.3) is 0 Å². The highest BCUT2D eigenvalue weighted by molar-refractivity contribution is 5.84. The van der Waals surface area contributed by atoms with Gasteiger partial charge in [-0.2, -0.15) is 9.97 Å². The van der Waals surface area contributed by atoms with E-state index >= 15 is 0 Å². The highest BCUT2D eigenvalue weighted by atomic mass is 16.5. The number of aromatic nitrogens is 4. The van der Waals surface area contributed by atoms with Crippen molar-refractivity contribution in [2.24, 2.45) is 0 Å². The number of fused-ring (bicyclic) bond motifs is 1. The first-order chi connectivity index (χ1) is 13.0. The molecule has 0 saturated carbocycles. The molecule has 0 aromatic carbocycles. The van der Waals surface area contributed by atoms with E-state index in [1.54, 1.807) is 4.57 Å². The molecule has 0 radical (unpaired) electrons. The maximum absolute atomic E-state index is 10.1. The lowest BCUT2D eigenvalue weighted by molar-refractivity contribution is -0.0434. The molecular weight excluding hydrogens is 350 g/mol. The maximum atomic E-state index is 10.1. The highest BCUT2D eigenvalue weighted by Gasteiger charge is 2.36. The Balaban J connectivity index is 2.05. The smallest absolute Gasteiger partial charge is 0.224 e. The molecule has 0 amide bonds. The van der Waals surface area contributed by atoms with Crippen molar-refractivity contribution in [1.82, 2.24) is 24.4 Å². The minimum Gasteiger partial charge on any atom is -0.394 e. The summed E-state index contributed by atoms with van der Waals surface area (Å²) in [7, 11) is 0. The number of nitrogens with zero attached hydrogens (tertiary/aromatic N) is 5. The summed E-state index contributed by atoms with van der Waals surface area (Å²) in [5.41, 5.74) is 12.5. The molecule has 146 valence electrons. The van der Waals surface area contributed by atoms with Crippen LogP contribution in [0.25, 0.3) is 11.2 Å². The number of hydrogen-bond donors (Lipinski definition) is 4. The van der Waals surface area contributed by atoms with Crippen LogP contribution < -0.4 is 11.5 Å². The van der Waals surface area contributed by atoms with Gasteiger partial charge >= 0.3 is 0 Å². The zero-order valence-electron chi connectivity index (χ0n) is 15.5. The fourth-order valence-corrected chi connectivity index (χ4v) is 3.09. The Hall–Kier alpha value is -2.45. The number of ether oxygens (including phenoxy) is 1. The van der Waals surface area contributed by atoms with E-state index in [4.69, 9.17) is 16.2 Å². The van der Waals surface area contributed by atoms with Gasteiger partial charge in [0.2, 0.25) is 5.95 Å². The second-order valence-electron chi connectivity index (χ2n) is 6.32. The van der Waals surface area contributed by atoms with Crippen molar-refractivity contribution in [3.05, 3.63) is 5.82 Å². The van der Waals surface area contributed by atoms with E-state index in [0.717, 1.165) is 13.1 Å². The molecule has 3 unspecified atom stereocenters. The quantitative estimate of drug-likeness (QED) is 0.499. The van der Waals surface area contributed by atoms with E-state index in [-0.39, 0.29) is 24.8 Å². The molecule has 3 rings (SSSR count). The van der Waals surface area contributed by atoms with Gasteiger partial charge in [-0.25, -0.2) is 4.98 Å². The van der Waals surface area contributed by atoms with Crippen LogP contribution in [0, 0.1) is 11.8 Å². The van der Waals surface area contributed by atoms with Crippen molar-refractivity contribution in [3.8, 4) is 11.8 Å². The second kappa shape index (κ2) is 8.06. The number of aliphatic hydroxyl groups is 2. The number of imidazole rings is 1. The molecule has 0 bridgehead atoms. The Morgan fingerprint density at radius 2 is 2.00 bits per heavy atom. The lowest BCUT2D eigenvalue weighted by Crippen LogP contribution is -2.24. The largest absolute Gasteiger partial charge is 0.394 e. The van der Waals surface area contributed by atoms with Crippen LogP contribution in [0.4, 0.5) is 11.8 Å². The van der Waals surface area contributed by atoms with Crippen LogP contribution in [0.2, 0.25) is 0 Å². The molecule has 3 atom stereocenters. The normalized spacial score (nSPS) is 22.3. The monoisotopic (exact) mass is 375 g/mol. The molecule has 2 aromatic rings. The average Bonchev–Trinajstić information content (AvgIpc) is 3.18. The number of anilines is 2. The van der Waals surface area contributed by atoms with Crippen LogP contribution in [0.3, 0.4) is 0 Å². The number of nitrogen functional groups attached to an aromatic ring is 2. The predicted molar refractivity (Wildman–Crippen MR) is 100 cm³/mol. The second-order valence-corrected chi connectivity index (χ2v) is 6.32. The van der Waals surface area contributed by atoms with Crippen LogP contribution >= 0.6 is 0 Å². The van der Waals surface area contributed by atoms with Crippen molar-refractivity contribution in [1.29, 1.82) is 0 Å². The first-order valence-corrected chi connectivity index (χ1v) is 8.94. The standard InChI is InChI=1S/C17H25N7O3/c1-3-23(4-2)7-5-6-12-20-14-15(18)21-17(19)22-16(14)24(12)13-8-10(26)11(9-25)27-13/h10-11,13,25-26H,3-4,7-9H2,1-2H3,(H4,18,19,21,22). The topological polar surface area (TPSA) is 149 Å². The van der Waals surface area contributed by atoms with Crippen LogP contribution in [-0.4, -0.2) is 73.1 Å². The van der Waals surface area contributed by atoms with Gasteiger partial charge in [-0.05, 0) is 19.0 Å². The van der Waals surface area contributed by atoms with Crippen LogP contribution in [0.15, 0.2) is 0 Å². The zero-order chi connectivity index (χ0) is 19.6. The summed E-state index contributed by atoms with van der Waals surface area (Å²) in [5, 5.41) is 19.5. The number of aliphatic hydroxyl groups excluding tert-OH is 2. The van der Waals surface area contributed by atoms with Crippen molar-refractivity contribution >= 4 is 22.9 Å². The van der Waals surface area contributed by atoms with Gasteiger partial charge in [-0.3, -0.25) is 9.47 Å². The maximum Gasteiger partial charge on any atom is 0.224 e. The summed E-state index contributed by atoms with van der Waals surface area (Å²) in [4.78, 5) is 14.8. The van der Waals surface area contributed by atoms with Gasteiger partial charge in [0.15, 0.2) is 22.8 Å². The van der Waals surface area contributed by atoms with Crippen molar-refractivity contribution in [2.75, 3.05) is 37.7 Å². The van der Waals surface area contributed by atoms with Crippen molar-refractivity contribution in [2.45, 2.75) is 38.7 Å². The third-order valence-electron chi connectivity index (χ3n) is 4.65. The molecule has 1 saturated heterocycles. The van der Waals surface area contributed by atoms with E-state index in [1.165, 1.54) is 0 Å². The molecule has 2 aromatic heterocycles. The summed E-state index contributed by atoms with van der Waals surface area (Å²) in [5.74, 6) is 6.72. The van der Waals surface area contributed by atoms with E-state index in [9.17, 15) is 10.2 Å². The Bertz CT molecular complexity index is 869. The Morgan fingerprint density at radius 1 is 1.26 bits per heavy atom. The highest BCUT2D eigenvalue weighted by Crippen LogP contribution is 2.33. The predicted octanol–water partition coefficient (Wildman–Crippen LogP) is -0.675. The fourth-order valence-electron chi connectivity index (χ4n) is 3.09. The molecule has 3 heterocycles. The lowest BCUT2D eigenvalue weighted by atomic mass is 10.2. The van der Waals surface area contributed by atoms with Gasteiger partial charge in [0, 0.05) is 6.42 Å². The van der Waals surface area contributed by atoms with E-state index in [2.05, 4.69) is 45.5 Å². The number of hydrogen-bond acceptors (Lipinski definition) is 9. The Kier molecular flexibility index (Phi) is 5.76. The van der Waals surface area contributed by atoms with Gasteiger partial charge in [0.1, 0.15) is 12.3 Å². The molecular formula is C17H25N7O3. The van der Waals surface area contributed by atoms with Gasteiger partial charge in [0.05, 0.1) is 19.3 Å². The molecule has 1 aliphatic rings. The van der Waals surface area contributed by atoms with E-state index in [0.29, 0.717) is 23.5 Å². The Labute approximate surface area is 157 Å². The number of nitrogens with two attached hydrogens (primary N) is 2. The SMILES string of the molecule is CCN(CC)CC#Cc1nc2c(N)nc(N)nc2n1C1CC(O)C(CO)O1. The fraction of sp³-hybridized carbons (Fsp3) is 0.588. The summed E-state index contributed by atoms with van der Waals surface area (Å²) < 4.78 is 7.43. The lowest BCUT2D eigenvalue weighted by Gasteiger charge is -2.15. The minimum absolute atomic E-state index is 0.0149. The summed E-state index contributed by atoms with van der Waals surface area (Å²) >= 11 is 0. The molecule has 6 N–H and O–H groups in total.